The highest BCUT2D eigenvalue weighted by molar-refractivity contribution is 6.39. The van der Waals surface area contributed by atoms with Crippen LogP contribution in [0.25, 0.3) is 6.08 Å². The van der Waals surface area contributed by atoms with Crippen molar-refractivity contribution in [3.8, 4) is 18.1 Å². The summed E-state index contributed by atoms with van der Waals surface area (Å²) < 4.78 is 19.3. The van der Waals surface area contributed by atoms with Crippen LogP contribution >= 0.6 is 11.6 Å². The van der Waals surface area contributed by atoms with Gasteiger partial charge >= 0.3 is 6.03 Å². The quantitative estimate of drug-likeness (QED) is 0.487. The summed E-state index contributed by atoms with van der Waals surface area (Å²) in [7, 11) is 0. The molecule has 1 N–H and O–H groups in total. The minimum absolute atomic E-state index is 0.0285. The number of urea groups is 1. The standard InChI is InChI=1S/C20H12ClFN2O4/c1-2-9-28-17-8-7-12(11-14(17)21)10-13-18(25)23-20(27)24(19(13)26)16-6-4-3-5-15(16)22/h1,3-8,10-11H,9H2,(H,23,25,27)/b13-10-. The van der Waals surface area contributed by atoms with Crippen LogP contribution in [0.2, 0.25) is 5.02 Å². The Balaban J connectivity index is 1.97. The van der Waals surface area contributed by atoms with Crippen LogP contribution in [0.3, 0.4) is 0 Å². The number of amides is 4. The highest BCUT2D eigenvalue weighted by atomic mass is 35.5. The number of ether oxygens (including phenoxy) is 1. The van der Waals surface area contributed by atoms with E-state index in [9.17, 15) is 18.8 Å². The number of rotatable bonds is 4. The third-order valence-corrected chi connectivity index (χ3v) is 4.07. The zero-order chi connectivity index (χ0) is 20.3. The van der Waals surface area contributed by atoms with Crippen LogP contribution in [0.15, 0.2) is 48.0 Å². The van der Waals surface area contributed by atoms with Crippen LogP contribution in [0.1, 0.15) is 5.56 Å². The first kappa shape index (κ1) is 19.1. The SMILES string of the molecule is C#CCOc1ccc(/C=C2/C(=O)NC(=O)N(c3ccccc3F)C2=O)cc1Cl. The molecule has 0 unspecified atom stereocenters. The number of benzene rings is 2. The highest BCUT2D eigenvalue weighted by Crippen LogP contribution is 2.28. The van der Waals surface area contributed by atoms with Crippen molar-refractivity contribution in [3.63, 3.8) is 0 Å². The predicted molar refractivity (Wildman–Crippen MR) is 101 cm³/mol. The second-order valence-corrected chi connectivity index (χ2v) is 6.00. The fourth-order valence-electron chi connectivity index (χ4n) is 2.52. The molecule has 6 nitrogen and oxygen atoms in total. The molecule has 1 fully saturated rings. The number of nitrogens with one attached hydrogen (secondary N) is 1. The van der Waals surface area contributed by atoms with E-state index >= 15 is 0 Å². The lowest BCUT2D eigenvalue weighted by Gasteiger charge is -2.26. The van der Waals surface area contributed by atoms with Crippen molar-refractivity contribution in [1.82, 2.24) is 5.32 Å². The van der Waals surface area contributed by atoms with Crippen molar-refractivity contribution in [1.29, 1.82) is 0 Å². The molecule has 1 saturated heterocycles. The minimum atomic E-state index is -1.03. The Kier molecular flexibility index (Phi) is 5.43. The zero-order valence-electron chi connectivity index (χ0n) is 14.2. The molecule has 28 heavy (non-hydrogen) atoms. The van der Waals surface area contributed by atoms with Gasteiger partial charge in [0.25, 0.3) is 11.8 Å². The van der Waals surface area contributed by atoms with E-state index in [1.165, 1.54) is 36.4 Å². The summed E-state index contributed by atoms with van der Waals surface area (Å²) in [5.74, 6) is 0.0107. The molecule has 2 aromatic rings. The number of para-hydroxylation sites is 1. The van der Waals surface area contributed by atoms with Crippen LogP contribution < -0.4 is 15.0 Å². The Morgan fingerprint density at radius 1 is 1.21 bits per heavy atom. The van der Waals surface area contributed by atoms with Gasteiger partial charge < -0.3 is 4.74 Å². The number of carbonyl (C=O) groups is 3. The molecule has 2 aromatic carbocycles. The van der Waals surface area contributed by atoms with Crippen molar-refractivity contribution in [3.05, 3.63) is 64.4 Å². The molecule has 0 aliphatic carbocycles. The van der Waals surface area contributed by atoms with Crippen molar-refractivity contribution < 1.29 is 23.5 Å². The monoisotopic (exact) mass is 398 g/mol. The normalized spacial score (nSPS) is 15.4. The summed E-state index contributed by atoms with van der Waals surface area (Å²) in [6, 6.07) is 8.75. The van der Waals surface area contributed by atoms with Crippen LogP contribution in [0, 0.1) is 18.2 Å². The first-order chi connectivity index (χ1) is 13.4. The topological polar surface area (TPSA) is 75.7 Å². The van der Waals surface area contributed by atoms with Gasteiger partial charge in [0.05, 0.1) is 10.7 Å². The van der Waals surface area contributed by atoms with E-state index in [-0.39, 0.29) is 22.9 Å². The molecule has 1 heterocycles. The molecule has 8 heteroatoms. The molecule has 3 rings (SSSR count). The van der Waals surface area contributed by atoms with Crippen LogP contribution in [0.5, 0.6) is 5.75 Å². The van der Waals surface area contributed by atoms with Crippen LogP contribution in [0.4, 0.5) is 14.9 Å². The van der Waals surface area contributed by atoms with Crippen molar-refractivity contribution in [2.75, 3.05) is 11.5 Å². The molecule has 140 valence electrons. The molecule has 0 aromatic heterocycles. The lowest BCUT2D eigenvalue weighted by Crippen LogP contribution is -2.54. The number of hydrogen-bond donors (Lipinski definition) is 1. The van der Waals surface area contributed by atoms with Gasteiger partial charge in [0.15, 0.2) is 0 Å². The van der Waals surface area contributed by atoms with Gasteiger partial charge in [-0.1, -0.05) is 35.7 Å². The van der Waals surface area contributed by atoms with E-state index < -0.39 is 23.7 Å². The van der Waals surface area contributed by atoms with Crippen LogP contribution in [-0.2, 0) is 9.59 Å². The van der Waals surface area contributed by atoms with Crippen molar-refractivity contribution in [2.24, 2.45) is 0 Å². The van der Waals surface area contributed by atoms with Gasteiger partial charge in [-0.3, -0.25) is 14.9 Å². The van der Waals surface area contributed by atoms with Crippen molar-refractivity contribution >= 4 is 41.2 Å². The van der Waals surface area contributed by atoms with E-state index in [0.29, 0.717) is 16.2 Å². The average molecular weight is 399 g/mol. The van der Waals surface area contributed by atoms with E-state index in [1.54, 1.807) is 6.07 Å². The number of imide groups is 2. The molecule has 4 amide bonds. The molecule has 0 radical (unpaired) electrons. The summed E-state index contributed by atoms with van der Waals surface area (Å²) in [6.07, 6.45) is 6.37. The maximum absolute atomic E-state index is 14.0. The second kappa shape index (κ2) is 7.94. The Hall–Kier alpha value is -3.63. The average Bonchev–Trinajstić information content (AvgIpc) is 2.66. The maximum Gasteiger partial charge on any atom is 0.336 e. The van der Waals surface area contributed by atoms with Gasteiger partial charge in [0.2, 0.25) is 0 Å². The number of nitrogens with zero attached hydrogens (tertiary/aromatic N) is 1. The number of halogens is 2. The summed E-state index contributed by atoms with van der Waals surface area (Å²) in [6.45, 7) is 0.0285. The van der Waals surface area contributed by atoms with Gasteiger partial charge in [-0.2, -0.15) is 0 Å². The number of terminal acetylenes is 1. The number of anilines is 1. The second-order valence-electron chi connectivity index (χ2n) is 5.59. The highest BCUT2D eigenvalue weighted by Gasteiger charge is 2.37. The summed E-state index contributed by atoms with van der Waals surface area (Å²) in [5.41, 5.74) is -0.213. The molecule has 1 aliphatic rings. The molecule has 0 spiro atoms. The lowest BCUT2D eigenvalue weighted by atomic mass is 10.1. The van der Waals surface area contributed by atoms with E-state index in [0.717, 1.165) is 6.07 Å². The number of barbiturate groups is 1. The lowest BCUT2D eigenvalue weighted by molar-refractivity contribution is -0.122. The summed E-state index contributed by atoms with van der Waals surface area (Å²) in [5, 5.41) is 2.24. The van der Waals surface area contributed by atoms with E-state index in [4.69, 9.17) is 22.8 Å². The van der Waals surface area contributed by atoms with Gasteiger partial charge in [0, 0.05) is 0 Å². The maximum atomic E-state index is 14.0. The first-order valence-electron chi connectivity index (χ1n) is 7.94. The third-order valence-electron chi connectivity index (χ3n) is 3.77. The molecular weight excluding hydrogens is 387 g/mol. The summed E-state index contributed by atoms with van der Waals surface area (Å²) in [4.78, 5) is 37.5. The number of carbonyl (C=O) groups excluding carboxylic acids is 3. The van der Waals surface area contributed by atoms with E-state index in [1.807, 2.05) is 5.32 Å². The first-order valence-corrected chi connectivity index (χ1v) is 8.32. The largest absolute Gasteiger partial charge is 0.479 e. The van der Waals surface area contributed by atoms with Gasteiger partial charge in [-0.25, -0.2) is 14.1 Å². The van der Waals surface area contributed by atoms with Crippen molar-refractivity contribution in [2.45, 2.75) is 0 Å². The predicted octanol–water partition coefficient (Wildman–Crippen LogP) is 3.16. The van der Waals surface area contributed by atoms with Gasteiger partial charge in [0.1, 0.15) is 23.7 Å². The van der Waals surface area contributed by atoms with E-state index in [2.05, 4.69) is 5.92 Å². The smallest absolute Gasteiger partial charge is 0.336 e. The summed E-state index contributed by atoms with van der Waals surface area (Å²) >= 11 is 6.10. The zero-order valence-corrected chi connectivity index (χ0v) is 15.0. The molecule has 0 atom stereocenters. The Morgan fingerprint density at radius 3 is 2.64 bits per heavy atom. The fourth-order valence-corrected chi connectivity index (χ4v) is 2.76. The Bertz CT molecular complexity index is 1060. The van der Waals surface area contributed by atoms with Gasteiger partial charge in [-0.15, -0.1) is 6.42 Å². The van der Waals surface area contributed by atoms with Crippen LogP contribution in [-0.4, -0.2) is 24.5 Å². The minimum Gasteiger partial charge on any atom is -0.479 e. The molecule has 1 aliphatic heterocycles. The molecular formula is C20H12ClFN2O4. The fraction of sp³-hybridized carbons (Fsp3) is 0.0500. The number of hydrogen-bond acceptors (Lipinski definition) is 4. The molecule has 0 bridgehead atoms. The Morgan fingerprint density at radius 2 is 1.96 bits per heavy atom. The third kappa shape index (κ3) is 3.72. The van der Waals surface area contributed by atoms with Gasteiger partial charge in [-0.05, 0) is 35.9 Å². The Labute approximate surface area is 164 Å². The molecule has 0 saturated carbocycles.